The van der Waals surface area contributed by atoms with E-state index in [1.807, 2.05) is 12.4 Å². The van der Waals surface area contributed by atoms with Crippen LogP contribution in [0.5, 0.6) is 0 Å². The number of benzene rings is 1. The van der Waals surface area contributed by atoms with Gasteiger partial charge in [0.15, 0.2) is 0 Å². The average molecular weight is 431 g/mol. The molecule has 0 aliphatic carbocycles. The van der Waals surface area contributed by atoms with Crippen LogP contribution in [0.15, 0.2) is 42.9 Å². The molecule has 6 heteroatoms. The molecule has 32 heavy (non-hydrogen) atoms. The summed E-state index contributed by atoms with van der Waals surface area (Å²) < 4.78 is 2.10. The molecule has 0 bridgehead atoms. The summed E-state index contributed by atoms with van der Waals surface area (Å²) in [6.45, 7) is 11.1. The zero-order chi connectivity index (χ0) is 22.9. The molecular weight excluding hydrogens is 396 g/mol. The molecule has 3 aromatic heterocycles. The van der Waals surface area contributed by atoms with Gasteiger partial charge in [-0.25, -0.2) is 9.97 Å². The maximum atomic E-state index is 6.26. The molecule has 0 amide bonds. The van der Waals surface area contributed by atoms with Gasteiger partial charge in [0.2, 0.25) is 0 Å². The first-order valence-electron chi connectivity index (χ1n) is 11.6. The number of anilines is 1. The van der Waals surface area contributed by atoms with Crippen molar-refractivity contribution in [3.63, 3.8) is 0 Å². The number of pyridine rings is 1. The summed E-state index contributed by atoms with van der Waals surface area (Å²) in [6.07, 6.45) is 10.4. The summed E-state index contributed by atoms with van der Waals surface area (Å²) in [5.74, 6) is 1.20. The fourth-order valence-corrected chi connectivity index (χ4v) is 4.19. The molecule has 0 saturated carbocycles. The quantitative estimate of drug-likeness (QED) is 0.350. The number of nitrogens with two attached hydrogens (primary N) is 1. The predicted octanol–water partition coefficient (Wildman–Crippen LogP) is 6.51. The first kappa shape index (κ1) is 22.1. The van der Waals surface area contributed by atoms with Gasteiger partial charge in [0.05, 0.1) is 28.8 Å². The van der Waals surface area contributed by atoms with Gasteiger partial charge in [0.25, 0.3) is 0 Å². The highest BCUT2D eigenvalue weighted by atomic mass is 15.3. The van der Waals surface area contributed by atoms with Gasteiger partial charge in [0, 0.05) is 23.5 Å². The van der Waals surface area contributed by atoms with E-state index >= 15 is 0 Å². The molecule has 0 fully saturated rings. The fourth-order valence-electron chi connectivity index (χ4n) is 4.19. The van der Waals surface area contributed by atoms with Crippen LogP contribution in [-0.2, 0) is 5.41 Å². The van der Waals surface area contributed by atoms with Crippen LogP contribution < -0.4 is 5.73 Å². The molecule has 4 rings (SSSR count). The number of nitrogen functional groups attached to an aromatic ring is 1. The van der Waals surface area contributed by atoms with Crippen LogP contribution in [0.25, 0.3) is 33.5 Å². The van der Waals surface area contributed by atoms with Gasteiger partial charge in [-0.05, 0) is 42.0 Å². The van der Waals surface area contributed by atoms with E-state index in [1.165, 1.54) is 5.56 Å². The smallest absolute Gasteiger partial charge is 0.142 e. The summed E-state index contributed by atoms with van der Waals surface area (Å²) in [6, 6.07) is 8.87. The van der Waals surface area contributed by atoms with Gasteiger partial charge >= 0.3 is 0 Å². The third-order valence-corrected chi connectivity index (χ3v) is 6.07. The topological polar surface area (TPSA) is 85.4 Å². The lowest BCUT2D eigenvalue weighted by molar-refractivity contribution is 0.391. The van der Waals surface area contributed by atoms with Crippen molar-refractivity contribution in [2.75, 3.05) is 5.73 Å². The van der Waals surface area contributed by atoms with Crippen LogP contribution in [0.1, 0.15) is 71.9 Å². The number of nitrogens with one attached hydrogen (secondary N) is 1. The van der Waals surface area contributed by atoms with Gasteiger partial charge in [-0.3, -0.25) is 4.68 Å². The van der Waals surface area contributed by atoms with E-state index in [0.29, 0.717) is 11.9 Å². The highest BCUT2D eigenvalue weighted by Gasteiger charge is 2.17. The molecule has 0 radical (unpaired) electrons. The molecule has 0 saturated heterocycles. The second-order valence-corrected chi connectivity index (χ2v) is 9.66. The van der Waals surface area contributed by atoms with Crippen LogP contribution in [0, 0.1) is 0 Å². The summed E-state index contributed by atoms with van der Waals surface area (Å²) >= 11 is 0. The standard InChI is InChI=1S/C26H34N6/c1-6-8-20(9-7-2)32-16-18(15-29-32)17-12-21(24(27)28-14-17)25-30-22-11-10-19(26(3,4)5)13-23(22)31-25/h10-16,20H,6-9H2,1-5H3,(H2,27,28)(H,30,31). The lowest BCUT2D eigenvalue weighted by atomic mass is 9.87. The molecule has 6 nitrogen and oxygen atoms in total. The number of hydrogen-bond donors (Lipinski definition) is 2. The third-order valence-electron chi connectivity index (χ3n) is 6.07. The van der Waals surface area contributed by atoms with E-state index in [1.54, 1.807) is 0 Å². The number of fused-ring (bicyclic) bond motifs is 1. The van der Waals surface area contributed by atoms with Crippen molar-refractivity contribution in [3.8, 4) is 22.5 Å². The van der Waals surface area contributed by atoms with Crippen molar-refractivity contribution in [2.24, 2.45) is 0 Å². The zero-order valence-corrected chi connectivity index (χ0v) is 19.8. The molecule has 3 N–H and O–H groups in total. The van der Waals surface area contributed by atoms with E-state index in [-0.39, 0.29) is 5.41 Å². The van der Waals surface area contributed by atoms with Gasteiger partial charge in [-0.15, -0.1) is 0 Å². The highest BCUT2D eigenvalue weighted by molar-refractivity contribution is 5.84. The SMILES string of the molecule is CCCC(CCC)n1cc(-c2cnc(N)c(-c3nc4ccc(C(C)(C)C)cc4[nH]3)c2)cn1. The number of rotatable bonds is 7. The van der Waals surface area contributed by atoms with Gasteiger partial charge in [-0.2, -0.15) is 5.10 Å². The van der Waals surface area contributed by atoms with E-state index in [4.69, 9.17) is 10.7 Å². The van der Waals surface area contributed by atoms with Crippen molar-refractivity contribution in [2.45, 2.75) is 71.8 Å². The molecule has 0 atom stereocenters. The van der Waals surface area contributed by atoms with Crippen molar-refractivity contribution in [1.29, 1.82) is 0 Å². The Hall–Kier alpha value is -3.15. The summed E-state index contributed by atoms with van der Waals surface area (Å²) in [4.78, 5) is 12.7. The molecule has 0 spiro atoms. The van der Waals surface area contributed by atoms with E-state index in [2.05, 4.69) is 84.8 Å². The Morgan fingerprint density at radius 2 is 1.78 bits per heavy atom. The molecule has 4 aromatic rings. The van der Waals surface area contributed by atoms with Gasteiger partial charge in [-0.1, -0.05) is 53.5 Å². The maximum Gasteiger partial charge on any atom is 0.142 e. The lowest BCUT2D eigenvalue weighted by Gasteiger charge is -2.18. The largest absolute Gasteiger partial charge is 0.383 e. The van der Waals surface area contributed by atoms with Gasteiger partial charge in [0.1, 0.15) is 11.6 Å². The first-order valence-corrected chi connectivity index (χ1v) is 11.6. The maximum absolute atomic E-state index is 6.26. The molecular formula is C26H34N6. The average Bonchev–Trinajstić information content (AvgIpc) is 3.40. The second kappa shape index (κ2) is 8.77. The van der Waals surface area contributed by atoms with Crippen molar-refractivity contribution in [1.82, 2.24) is 24.7 Å². The van der Waals surface area contributed by atoms with Crippen LogP contribution >= 0.6 is 0 Å². The normalized spacial score (nSPS) is 12.2. The van der Waals surface area contributed by atoms with Crippen LogP contribution in [0.4, 0.5) is 5.82 Å². The van der Waals surface area contributed by atoms with E-state index < -0.39 is 0 Å². The number of H-pyrrole nitrogens is 1. The van der Waals surface area contributed by atoms with E-state index in [0.717, 1.165) is 59.2 Å². The Bertz CT molecular complexity index is 1200. The monoisotopic (exact) mass is 430 g/mol. The highest BCUT2D eigenvalue weighted by Crippen LogP contribution is 2.31. The third kappa shape index (κ3) is 4.40. The fraction of sp³-hybridized carbons (Fsp3) is 0.423. The minimum Gasteiger partial charge on any atom is -0.383 e. The Kier molecular flexibility index (Phi) is 6.04. The van der Waals surface area contributed by atoms with Gasteiger partial charge < -0.3 is 10.7 Å². The van der Waals surface area contributed by atoms with E-state index in [9.17, 15) is 0 Å². The number of aromatic nitrogens is 5. The number of nitrogens with zero attached hydrogens (tertiary/aromatic N) is 4. The predicted molar refractivity (Wildman–Crippen MR) is 133 cm³/mol. The Morgan fingerprint density at radius 1 is 1.03 bits per heavy atom. The molecule has 3 heterocycles. The van der Waals surface area contributed by atoms with Crippen LogP contribution in [-0.4, -0.2) is 24.7 Å². The van der Waals surface area contributed by atoms with Crippen molar-refractivity contribution >= 4 is 16.9 Å². The Labute approximate surface area is 190 Å². The summed E-state index contributed by atoms with van der Waals surface area (Å²) in [5, 5.41) is 4.66. The minimum absolute atomic E-state index is 0.0769. The number of hydrogen-bond acceptors (Lipinski definition) is 4. The van der Waals surface area contributed by atoms with Crippen molar-refractivity contribution in [3.05, 3.63) is 48.4 Å². The summed E-state index contributed by atoms with van der Waals surface area (Å²) in [7, 11) is 0. The Balaban J connectivity index is 1.69. The minimum atomic E-state index is 0.0769. The Morgan fingerprint density at radius 3 is 2.47 bits per heavy atom. The summed E-state index contributed by atoms with van der Waals surface area (Å²) in [5.41, 5.74) is 12.4. The zero-order valence-electron chi connectivity index (χ0n) is 19.8. The molecule has 168 valence electrons. The van der Waals surface area contributed by atoms with Crippen LogP contribution in [0.3, 0.4) is 0 Å². The second-order valence-electron chi connectivity index (χ2n) is 9.66. The lowest BCUT2D eigenvalue weighted by Crippen LogP contribution is -2.10. The number of aromatic amines is 1. The molecule has 1 aromatic carbocycles. The molecule has 0 aliphatic rings. The molecule has 0 unspecified atom stereocenters. The van der Waals surface area contributed by atoms with Crippen molar-refractivity contribution < 1.29 is 0 Å². The van der Waals surface area contributed by atoms with Crippen LogP contribution in [0.2, 0.25) is 0 Å². The molecule has 0 aliphatic heterocycles. The first-order chi connectivity index (χ1) is 15.3. The number of imidazole rings is 1.